The van der Waals surface area contributed by atoms with Crippen molar-refractivity contribution in [3.05, 3.63) is 0 Å². The summed E-state index contributed by atoms with van der Waals surface area (Å²) in [5.41, 5.74) is 0. The van der Waals surface area contributed by atoms with Crippen molar-refractivity contribution in [3.8, 4) is 0 Å². The first-order valence-electron chi connectivity index (χ1n) is 6.82. The summed E-state index contributed by atoms with van der Waals surface area (Å²) in [4.78, 5) is 22.2. The minimum absolute atomic E-state index is 0.0358. The van der Waals surface area contributed by atoms with Gasteiger partial charge in [0.05, 0.1) is 8.07 Å². The summed E-state index contributed by atoms with van der Waals surface area (Å²) in [5.74, 6) is 0.237. The first kappa shape index (κ1) is 17.2. The second-order valence-electron chi connectivity index (χ2n) is 5.98. The Labute approximate surface area is 112 Å². The highest BCUT2D eigenvalue weighted by Crippen LogP contribution is 2.07. The molecule has 0 unspecified atom stereocenters. The normalized spacial score (nSPS) is 11.1. The van der Waals surface area contributed by atoms with Gasteiger partial charge in [0.15, 0.2) is 0 Å². The molecule has 0 bridgehead atoms. The van der Waals surface area contributed by atoms with Gasteiger partial charge < -0.3 is 10.6 Å². The Morgan fingerprint density at radius 3 is 1.83 bits per heavy atom. The van der Waals surface area contributed by atoms with Crippen molar-refractivity contribution in [1.29, 1.82) is 0 Å². The monoisotopic (exact) mass is 272 g/mol. The van der Waals surface area contributed by atoms with Crippen LogP contribution >= 0.6 is 0 Å². The Hall–Kier alpha value is -0.843. The Balaban J connectivity index is 3.30. The molecule has 0 atom stereocenters. The van der Waals surface area contributed by atoms with Gasteiger partial charge in [0.2, 0.25) is 11.8 Å². The third kappa shape index (κ3) is 13.2. The average molecular weight is 272 g/mol. The van der Waals surface area contributed by atoms with Crippen molar-refractivity contribution < 1.29 is 9.59 Å². The van der Waals surface area contributed by atoms with Gasteiger partial charge in [-0.3, -0.25) is 9.59 Å². The van der Waals surface area contributed by atoms with Gasteiger partial charge in [-0.2, -0.15) is 0 Å². The molecule has 0 aliphatic carbocycles. The summed E-state index contributed by atoms with van der Waals surface area (Å²) in [7, 11) is -1.27. The second-order valence-corrected chi connectivity index (χ2v) is 11.5. The predicted molar refractivity (Wildman–Crippen MR) is 78.3 cm³/mol. The first-order valence-corrected chi connectivity index (χ1v) is 10.5. The van der Waals surface area contributed by atoms with Crippen LogP contribution in [0.4, 0.5) is 0 Å². The fourth-order valence-corrected chi connectivity index (χ4v) is 2.73. The summed E-state index contributed by atoms with van der Waals surface area (Å²) in [6.07, 6.45) is 4.25. The zero-order valence-electron chi connectivity index (χ0n) is 12.3. The first-order chi connectivity index (χ1) is 8.31. The van der Waals surface area contributed by atoms with Crippen LogP contribution in [0.15, 0.2) is 0 Å². The highest BCUT2D eigenvalue weighted by molar-refractivity contribution is 6.78. The molecule has 0 saturated heterocycles. The minimum atomic E-state index is -1.27. The third-order valence-corrected chi connectivity index (χ3v) is 3.87. The van der Waals surface area contributed by atoms with Crippen LogP contribution in [-0.4, -0.2) is 33.0 Å². The Kier molecular flexibility index (Phi) is 8.71. The summed E-state index contributed by atoms with van der Waals surface area (Å²) >= 11 is 0. The molecule has 0 spiro atoms. The lowest BCUT2D eigenvalue weighted by molar-refractivity contribution is -0.119. The Morgan fingerprint density at radius 1 is 0.889 bits per heavy atom. The van der Waals surface area contributed by atoms with E-state index in [9.17, 15) is 9.59 Å². The molecule has 0 aromatic heterocycles. The SMILES string of the molecule is CC(=O)NCCCCCCNC(=O)C[Si](C)(C)C. The van der Waals surface area contributed by atoms with Gasteiger partial charge in [-0.25, -0.2) is 0 Å². The van der Waals surface area contributed by atoms with E-state index in [0.717, 1.165) is 44.8 Å². The van der Waals surface area contributed by atoms with E-state index in [-0.39, 0.29) is 11.8 Å². The molecule has 0 fully saturated rings. The van der Waals surface area contributed by atoms with Crippen LogP contribution in [0.25, 0.3) is 0 Å². The number of hydrogen-bond acceptors (Lipinski definition) is 2. The van der Waals surface area contributed by atoms with Crippen molar-refractivity contribution in [2.45, 2.75) is 58.3 Å². The Bertz CT molecular complexity index is 262. The summed E-state index contributed by atoms with van der Waals surface area (Å²) < 4.78 is 0. The number of rotatable bonds is 9. The number of carbonyl (C=O) groups is 2. The average Bonchev–Trinajstić information content (AvgIpc) is 2.18. The van der Waals surface area contributed by atoms with Crippen molar-refractivity contribution in [2.24, 2.45) is 0 Å². The van der Waals surface area contributed by atoms with Gasteiger partial charge in [-0.15, -0.1) is 0 Å². The van der Waals surface area contributed by atoms with Crippen LogP contribution < -0.4 is 10.6 Å². The molecule has 0 aliphatic rings. The van der Waals surface area contributed by atoms with E-state index in [1.807, 2.05) is 0 Å². The summed E-state index contributed by atoms with van der Waals surface area (Å²) in [5, 5.41) is 5.75. The Morgan fingerprint density at radius 2 is 1.39 bits per heavy atom. The molecule has 0 aliphatic heterocycles. The van der Waals surface area contributed by atoms with Gasteiger partial charge >= 0.3 is 0 Å². The molecule has 18 heavy (non-hydrogen) atoms. The molecule has 0 heterocycles. The van der Waals surface area contributed by atoms with Gasteiger partial charge in [0.1, 0.15) is 0 Å². The third-order valence-electron chi connectivity index (χ3n) is 2.49. The molecule has 0 radical (unpaired) electrons. The molecule has 0 aromatic carbocycles. The number of unbranched alkanes of at least 4 members (excludes halogenated alkanes) is 3. The lowest BCUT2D eigenvalue weighted by atomic mass is 10.2. The zero-order valence-corrected chi connectivity index (χ0v) is 13.3. The van der Waals surface area contributed by atoms with Gasteiger partial charge in [0, 0.05) is 26.1 Å². The minimum Gasteiger partial charge on any atom is -0.356 e. The van der Waals surface area contributed by atoms with Crippen molar-refractivity contribution in [1.82, 2.24) is 10.6 Å². The molecule has 2 amide bonds. The molecule has 5 heteroatoms. The van der Waals surface area contributed by atoms with Crippen molar-refractivity contribution in [3.63, 3.8) is 0 Å². The van der Waals surface area contributed by atoms with Crippen LogP contribution in [0.3, 0.4) is 0 Å². The van der Waals surface area contributed by atoms with E-state index in [0.29, 0.717) is 0 Å². The van der Waals surface area contributed by atoms with Crippen molar-refractivity contribution in [2.75, 3.05) is 13.1 Å². The number of hydrogen-bond donors (Lipinski definition) is 2. The number of carbonyl (C=O) groups excluding carboxylic acids is 2. The topological polar surface area (TPSA) is 58.2 Å². The largest absolute Gasteiger partial charge is 0.356 e. The van der Waals surface area contributed by atoms with Gasteiger partial charge in [0.25, 0.3) is 0 Å². The molecule has 0 aromatic rings. The fraction of sp³-hybridized carbons (Fsp3) is 0.846. The number of nitrogens with one attached hydrogen (secondary N) is 2. The molecule has 0 saturated carbocycles. The summed E-state index contributed by atoms with van der Waals surface area (Å²) in [6, 6.07) is 0.718. The van der Waals surface area contributed by atoms with Crippen LogP contribution in [0.2, 0.25) is 25.7 Å². The highest BCUT2D eigenvalue weighted by atomic mass is 28.3. The molecular formula is C13H28N2O2Si. The van der Waals surface area contributed by atoms with Crippen molar-refractivity contribution >= 4 is 19.9 Å². The van der Waals surface area contributed by atoms with Gasteiger partial charge in [-0.1, -0.05) is 32.5 Å². The van der Waals surface area contributed by atoms with Crippen LogP contribution in [-0.2, 0) is 9.59 Å². The fourth-order valence-electron chi connectivity index (χ4n) is 1.64. The maximum absolute atomic E-state index is 11.5. The van der Waals surface area contributed by atoms with E-state index >= 15 is 0 Å². The molecule has 2 N–H and O–H groups in total. The predicted octanol–water partition coefficient (Wildman–Crippen LogP) is 2.14. The number of amides is 2. The quantitative estimate of drug-likeness (QED) is 0.499. The molecule has 0 rings (SSSR count). The smallest absolute Gasteiger partial charge is 0.217 e. The standard InChI is InChI=1S/C13H28N2O2Si/c1-12(16)14-9-7-5-6-8-10-15-13(17)11-18(2,3)4/h5-11H2,1-4H3,(H,14,16)(H,15,17). The molecule has 106 valence electrons. The van der Waals surface area contributed by atoms with E-state index in [4.69, 9.17) is 0 Å². The van der Waals surface area contributed by atoms with Crippen LogP contribution in [0.1, 0.15) is 32.6 Å². The second kappa shape index (κ2) is 9.14. The lowest BCUT2D eigenvalue weighted by Gasteiger charge is -2.14. The molecule has 4 nitrogen and oxygen atoms in total. The van der Waals surface area contributed by atoms with E-state index in [1.165, 1.54) is 6.92 Å². The van der Waals surface area contributed by atoms with E-state index in [1.54, 1.807) is 0 Å². The lowest BCUT2D eigenvalue weighted by Crippen LogP contribution is -2.32. The zero-order chi connectivity index (χ0) is 14.0. The maximum atomic E-state index is 11.5. The maximum Gasteiger partial charge on any atom is 0.217 e. The van der Waals surface area contributed by atoms with Crippen LogP contribution in [0.5, 0.6) is 0 Å². The van der Waals surface area contributed by atoms with Crippen LogP contribution in [0, 0.1) is 0 Å². The van der Waals surface area contributed by atoms with E-state index in [2.05, 4.69) is 30.3 Å². The van der Waals surface area contributed by atoms with E-state index < -0.39 is 8.07 Å². The van der Waals surface area contributed by atoms with Gasteiger partial charge in [-0.05, 0) is 12.8 Å². The highest BCUT2D eigenvalue weighted by Gasteiger charge is 2.17. The molecular weight excluding hydrogens is 244 g/mol. The summed E-state index contributed by atoms with van der Waals surface area (Å²) in [6.45, 7) is 9.69.